The predicted octanol–water partition coefficient (Wildman–Crippen LogP) is 2.50. The van der Waals surface area contributed by atoms with E-state index in [0.29, 0.717) is 13.0 Å². The lowest BCUT2D eigenvalue weighted by atomic mass is 10.1. The van der Waals surface area contributed by atoms with Crippen molar-refractivity contribution in [2.75, 3.05) is 32.2 Å². The zero-order chi connectivity index (χ0) is 14.4. The van der Waals surface area contributed by atoms with E-state index in [9.17, 15) is 5.11 Å². The summed E-state index contributed by atoms with van der Waals surface area (Å²) in [5.41, 5.74) is 1.85. The molecule has 0 spiro atoms. The molecule has 1 heterocycles. The fraction of sp³-hybridized carbons (Fsp3) is 0.400. The lowest BCUT2D eigenvalue weighted by molar-refractivity contribution is 0.177. The van der Waals surface area contributed by atoms with Gasteiger partial charge in [0.05, 0.1) is 18.4 Å². The zero-order valence-electron chi connectivity index (χ0n) is 11.8. The number of nitrogens with zero attached hydrogens (tertiary/aromatic N) is 2. The second kappa shape index (κ2) is 7.38. The highest BCUT2D eigenvalue weighted by atomic mass is 32.1. The molecule has 0 amide bonds. The number of rotatable bonds is 7. The van der Waals surface area contributed by atoms with Gasteiger partial charge in [0, 0.05) is 32.5 Å². The van der Waals surface area contributed by atoms with Crippen molar-refractivity contribution in [1.82, 2.24) is 4.98 Å². The van der Waals surface area contributed by atoms with E-state index >= 15 is 0 Å². The molecule has 0 fully saturated rings. The highest BCUT2D eigenvalue weighted by Crippen LogP contribution is 2.23. The molecule has 1 atom stereocenters. The molecule has 108 valence electrons. The molecule has 4 nitrogen and oxygen atoms in total. The molecule has 1 N–H and O–H groups in total. The molecule has 2 aromatic rings. The number of anilines is 1. The van der Waals surface area contributed by atoms with Gasteiger partial charge in [-0.05, 0) is 5.56 Å². The first kappa shape index (κ1) is 15.0. The Labute approximate surface area is 123 Å². The van der Waals surface area contributed by atoms with Crippen LogP contribution in [0.4, 0.5) is 5.13 Å². The van der Waals surface area contributed by atoms with Crippen LogP contribution in [0.5, 0.6) is 0 Å². The van der Waals surface area contributed by atoms with Crippen LogP contribution in [-0.2, 0) is 11.2 Å². The Morgan fingerprint density at radius 3 is 2.80 bits per heavy atom. The van der Waals surface area contributed by atoms with Gasteiger partial charge in [0.1, 0.15) is 0 Å². The van der Waals surface area contributed by atoms with Gasteiger partial charge in [0.25, 0.3) is 0 Å². The van der Waals surface area contributed by atoms with Crippen molar-refractivity contribution in [2.24, 2.45) is 0 Å². The third kappa shape index (κ3) is 4.03. The summed E-state index contributed by atoms with van der Waals surface area (Å²) < 4.78 is 5.06. The van der Waals surface area contributed by atoms with Crippen LogP contribution in [0, 0.1) is 0 Å². The van der Waals surface area contributed by atoms with Gasteiger partial charge >= 0.3 is 0 Å². The fourth-order valence-corrected chi connectivity index (χ4v) is 2.71. The molecule has 0 aliphatic heterocycles. The summed E-state index contributed by atoms with van der Waals surface area (Å²) in [6.45, 7) is 1.49. The van der Waals surface area contributed by atoms with Gasteiger partial charge in [-0.3, -0.25) is 0 Å². The van der Waals surface area contributed by atoms with E-state index in [4.69, 9.17) is 4.74 Å². The summed E-state index contributed by atoms with van der Waals surface area (Å²) >= 11 is 1.59. The van der Waals surface area contributed by atoms with Crippen molar-refractivity contribution in [3.05, 3.63) is 47.0 Å². The van der Waals surface area contributed by atoms with E-state index in [0.717, 1.165) is 22.9 Å². The maximum atomic E-state index is 10.2. The monoisotopic (exact) mass is 292 g/mol. The van der Waals surface area contributed by atoms with E-state index in [1.165, 1.54) is 0 Å². The van der Waals surface area contributed by atoms with Gasteiger partial charge in [-0.1, -0.05) is 30.3 Å². The van der Waals surface area contributed by atoms with E-state index in [2.05, 4.69) is 9.88 Å². The number of hydrogen-bond acceptors (Lipinski definition) is 5. The number of ether oxygens (including phenoxy) is 1. The molecular weight excluding hydrogens is 272 g/mol. The summed E-state index contributed by atoms with van der Waals surface area (Å²) in [7, 11) is 3.69. The van der Waals surface area contributed by atoms with E-state index in [1.54, 1.807) is 18.4 Å². The highest BCUT2D eigenvalue weighted by molar-refractivity contribution is 7.13. The number of benzene rings is 1. The third-order valence-corrected chi connectivity index (χ3v) is 4.09. The average molecular weight is 292 g/mol. The summed E-state index contributed by atoms with van der Waals surface area (Å²) in [4.78, 5) is 6.62. The first-order valence-corrected chi connectivity index (χ1v) is 7.46. The standard InChI is InChI=1S/C15H20N2O2S/c1-17(8-9-19-2)15-16-13(11-20-15)10-14(18)12-6-4-3-5-7-12/h3-7,11,14,18H,8-10H2,1-2H3. The predicted molar refractivity (Wildman–Crippen MR) is 82.4 cm³/mol. The second-order valence-electron chi connectivity index (χ2n) is 4.67. The normalized spacial score (nSPS) is 12.3. The second-order valence-corrected chi connectivity index (χ2v) is 5.50. The third-order valence-electron chi connectivity index (χ3n) is 3.08. The van der Waals surface area contributed by atoms with Gasteiger partial charge in [0.2, 0.25) is 0 Å². The highest BCUT2D eigenvalue weighted by Gasteiger charge is 2.12. The minimum absolute atomic E-state index is 0.504. The number of thiazole rings is 1. The number of aromatic nitrogens is 1. The number of aliphatic hydroxyl groups excluding tert-OH is 1. The molecule has 0 saturated heterocycles. The molecule has 1 unspecified atom stereocenters. The van der Waals surface area contributed by atoms with Crippen LogP contribution in [0.2, 0.25) is 0 Å². The fourth-order valence-electron chi connectivity index (χ4n) is 1.88. The molecule has 0 radical (unpaired) electrons. The van der Waals surface area contributed by atoms with E-state index in [-0.39, 0.29) is 0 Å². The molecule has 0 aliphatic carbocycles. The Morgan fingerprint density at radius 2 is 2.10 bits per heavy atom. The van der Waals surface area contributed by atoms with Crippen LogP contribution in [0.3, 0.4) is 0 Å². The van der Waals surface area contributed by atoms with Crippen LogP contribution in [-0.4, -0.2) is 37.4 Å². The minimum Gasteiger partial charge on any atom is -0.388 e. The van der Waals surface area contributed by atoms with Gasteiger partial charge in [-0.15, -0.1) is 11.3 Å². The van der Waals surface area contributed by atoms with Crippen molar-refractivity contribution >= 4 is 16.5 Å². The Bertz CT molecular complexity index is 516. The molecule has 0 saturated carbocycles. The maximum absolute atomic E-state index is 10.2. The first-order valence-electron chi connectivity index (χ1n) is 6.58. The number of hydrogen-bond donors (Lipinski definition) is 1. The summed E-state index contributed by atoms with van der Waals surface area (Å²) in [6, 6.07) is 9.68. The minimum atomic E-state index is -0.504. The smallest absolute Gasteiger partial charge is 0.185 e. The maximum Gasteiger partial charge on any atom is 0.185 e. The summed E-state index contributed by atoms with van der Waals surface area (Å²) in [6.07, 6.45) is 0.0361. The van der Waals surface area contributed by atoms with Gasteiger partial charge in [-0.2, -0.15) is 0 Å². The van der Waals surface area contributed by atoms with E-state index in [1.807, 2.05) is 42.8 Å². The molecule has 1 aromatic carbocycles. The Kier molecular flexibility index (Phi) is 5.52. The average Bonchev–Trinajstić information content (AvgIpc) is 2.94. The lowest BCUT2D eigenvalue weighted by Gasteiger charge is -2.14. The van der Waals surface area contributed by atoms with Gasteiger partial charge in [-0.25, -0.2) is 4.98 Å². The van der Waals surface area contributed by atoms with Gasteiger partial charge in [0.15, 0.2) is 5.13 Å². The quantitative estimate of drug-likeness (QED) is 0.851. The van der Waals surface area contributed by atoms with Crippen LogP contribution in [0.15, 0.2) is 35.7 Å². The molecule has 0 aliphatic rings. The van der Waals surface area contributed by atoms with Crippen molar-refractivity contribution in [1.29, 1.82) is 0 Å². The molecule has 1 aromatic heterocycles. The zero-order valence-corrected chi connectivity index (χ0v) is 12.6. The molecule has 0 bridgehead atoms. The van der Waals surface area contributed by atoms with Crippen LogP contribution in [0.25, 0.3) is 0 Å². The molecule has 5 heteroatoms. The number of likely N-dealkylation sites (N-methyl/N-ethyl adjacent to an activating group) is 1. The number of methoxy groups -OCH3 is 1. The largest absolute Gasteiger partial charge is 0.388 e. The summed E-state index contributed by atoms with van der Waals surface area (Å²) in [5.74, 6) is 0. The van der Waals surface area contributed by atoms with Crippen LogP contribution in [0.1, 0.15) is 17.4 Å². The van der Waals surface area contributed by atoms with E-state index < -0.39 is 6.10 Å². The molecule has 2 rings (SSSR count). The van der Waals surface area contributed by atoms with Crippen LogP contribution < -0.4 is 4.90 Å². The molecule has 20 heavy (non-hydrogen) atoms. The Morgan fingerprint density at radius 1 is 1.35 bits per heavy atom. The van der Waals surface area contributed by atoms with Crippen molar-refractivity contribution in [3.8, 4) is 0 Å². The van der Waals surface area contributed by atoms with Gasteiger partial charge < -0.3 is 14.7 Å². The first-order chi connectivity index (χ1) is 9.70. The Hall–Kier alpha value is -1.43. The van der Waals surface area contributed by atoms with Crippen molar-refractivity contribution < 1.29 is 9.84 Å². The SMILES string of the molecule is COCCN(C)c1nc(CC(O)c2ccccc2)cs1. The van der Waals surface area contributed by atoms with Crippen LogP contribution >= 0.6 is 11.3 Å². The van der Waals surface area contributed by atoms with Crippen molar-refractivity contribution in [2.45, 2.75) is 12.5 Å². The van der Waals surface area contributed by atoms with Crippen molar-refractivity contribution in [3.63, 3.8) is 0 Å². The Balaban J connectivity index is 1.95. The lowest BCUT2D eigenvalue weighted by Crippen LogP contribution is -2.21. The molecular formula is C15H20N2O2S. The topological polar surface area (TPSA) is 45.6 Å². The summed E-state index contributed by atoms with van der Waals surface area (Å²) in [5, 5.41) is 13.2. The number of aliphatic hydroxyl groups is 1.